The Labute approximate surface area is 90.8 Å². The average Bonchev–Trinajstić information content (AvgIpc) is 2.25. The first-order valence-corrected chi connectivity index (χ1v) is 4.50. The molecule has 0 atom stereocenters. The van der Waals surface area contributed by atoms with Crippen LogP contribution in [0, 0.1) is 0 Å². The van der Waals surface area contributed by atoms with Gasteiger partial charge in [0.05, 0.1) is 5.56 Å². The van der Waals surface area contributed by atoms with Crippen molar-refractivity contribution >= 4 is 5.91 Å². The zero-order valence-electron chi connectivity index (χ0n) is 8.34. The van der Waals surface area contributed by atoms with Crippen molar-refractivity contribution < 1.29 is 18.0 Å². The average molecular weight is 229 g/mol. The smallest absolute Gasteiger partial charge is 0.348 e. The van der Waals surface area contributed by atoms with Crippen LogP contribution in [0.3, 0.4) is 0 Å². The maximum atomic E-state index is 12.2. The second-order valence-electron chi connectivity index (χ2n) is 3.12. The van der Waals surface area contributed by atoms with E-state index < -0.39 is 11.7 Å². The van der Waals surface area contributed by atoms with Crippen molar-refractivity contribution in [3.8, 4) is 0 Å². The lowest BCUT2D eigenvalue weighted by molar-refractivity contribution is -0.137. The van der Waals surface area contributed by atoms with Gasteiger partial charge in [0.25, 0.3) is 0 Å². The molecule has 0 bridgehead atoms. The molecule has 1 rings (SSSR count). The van der Waals surface area contributed by atoms with Gasteiger partial charge in [0.1, 0.15) is 0 Å². The van der Waals surface area contributed by atoms with Crippen molar-refractivity contribution in [1.29, 1.82) is 0 Å². The third-order valence-electron chi connectivity index (χ3n) is 1.93. The van der Waals surface area contributed by atoms with Crippen LogP contribution < -0.4 is 5.32 Å². The molecular formula is C11H10F3NO. The minimum absolute atomic E-state index is 0.184. The number of halogens is 3. The fourth-order valence-corrected chi connectivity index (χ4v) is 1.07. The fourth-order valence-electron chi connectivity index (χ4n) is 1.07. The van der Waals surface area contributed by atoms with E-state index in [-0.39, 0.29) is 12.5 Å². The van der Waals surface area contributed by atoms with Gasteiger partial charge in [0, 0.05) is 6.54 Å². The molecule has 0 saturated carbocycles. The summed E-state index contributed by atoms with van der Waals surface area (Å²) in [6.45, 7) is 3.44. The number of rotatable bonds is 3. The van der Waals surface area contributed by atoms with Crippen LogP contribution in [-0.2, 0) is 17.5 Å². The van der Waals surface area contributed by atoms with Crippen molar-refractivity contribution in [2.24, 2.45) is 0 Å². The molecule has 0 radical (unpaired) electrons. The number of carbonyl (C=O) groups excluding carboxylic acids is 1. The first-order valence-electron chi connectivity index (χ1n) is 4.50. The largest absolute Gasteiger partial charge is 0.416 e. The first-order chi connectivity index (χ1) is 7.43. The molecule has 1 aromatic carbocycles. The van der Waals surface area contributed by atoms with Gasteiger partial charge in [-0.15, -0.1) is 0 Å². The summed E-state index contributed by atoms with van der Waals surface area (Å²) in [5.41, 5.74) is -0.102. The Morgan fingerprint density at radius 2 is 1.88 bits per heavy atom. The van der Waals surface area contributed by atoms with Crippen molar-refractivity contribution in [2.75, 3.05) is 0 Å². The first kappa shape index (κ1) is 12.3. The standard InChI is InChI=1S/C11H10F3NO/c1-2-10(16)15-7-8-3-5-9(6-4-8)11(12,13)14/h2-6H,1,7H2,(H,15,16). The Morgan fingerprint density at radius 1 is 1.31 bits per heavy atom. The summed E-state index contributed by atoms with van der Waals surface area (Å²) in [5, 5.41) is 2.47. The topological polar surface area (TPSA) is 29.1 Å². The van der Waals surface area contributed by atoms with Crippen LogP contribution in [0.1, 0.15) is 11.1 Å². The van der Waals surface area contributed by atoms with Crippen LogP contribution in [0.2, 0.25) is 0 Å². The number of alkyl halides is 3. The SMILES string of the molecule is C=CC(=O)NCc1ccc(C(F)(F)F)cc1. The van der Waals surface area contributed by atoms with Crippen LogP contribution in [0.5, 0.6) is 0 Å². The van der Waals surface area contributed by atoms with E-state index >= 15 is 0 Å². The van der Waals surface area contributed by atoms with Gasteiger partial charge in [-0.25, -0.2) is 0 Å². The van der Waals surface area contributed by atoms with E-state index in [1.807, 2.05) is 0 Å². The molecule has 1 N–H and O–H groups in total. The zero-order chi connectivity index (χ0) is 12.2. The third kappa shape index (κ3) is 3.42. The van der Waals surface area contributed by atoms with Gasteiger partial charge in [-0.05, 0) is 23.8 Å². The maximum Gasteiger partial charge on any atom is 0.416 e. The van der Waals surface area contributed by atoms with E-state index in [0.29, 0.717) is 5.56 Å². The highest BCUT2D eigenvalue weighted by molar-refractivity contribution is 5.86. The minimum Gasteiger partial charge on any atom is -0.348 e. The normalized spacial score (nSPS) is 10.9. The molecule has 0 aliphatic rings. The Hall–Kier alpha value is -1.78. The van der Waals surface area contributed by atoms with Gasteiger partial charge in [-0.1, -0.05) is 18.7 Å². The number of amides is 1. The Balaban J connectivity index is 2.65. The molecule has 0 aliphatic heterocycles. The molecule has 0 aromatic heterocycles. The molecule has 0 heterocycles. The molecule has 0 aliphatic carbocycles. The second-order valence-corrected chi connectivity index (χ2v) is 3.12. The summed E-state index contributed by atoms with van der Waals surface area (Å²) >= 11 is 0. The number of benzene rings is 1. The zero-order valence-corrected chi connectivity index (χ0v) is 8.34. The molecule has 0 saturated heterocycles. The van der Waals surface area contributed by atoms with Crippen LogP contribution >= 0.6 is 0 Å². The summed E-state index contributed by atoms with van der Waals surface area (Å²) in [4.78, 5) is 10.8. The van der Waals surface area contributed by atoms with Crippen LogP contribution in [0.25, 0.3) is 0 Å². The van der Waals surface area contributed by atoms with Gasteiger partial charge in [0.2, 0.25) is 5.91 Å². The molecule has 0 fully saturated rings. The molecule has 1 amide bonds. The minimum atomic E-state index is -4.33. The van der Waals surface area contributed by atoms with E-state index in [0.717, 1.165) is 18.2 Å². The van der Waals surface area contributed by atoms with E-state index in [1.54, 1.807) is 0 Å². The van der Waals surface area contributed by atoms with Crippen LogP contribution in [0.15, 0.2) is 36.9 Å². The monoisotopic (exact) mass is 229 g/mol. The van der Waals surface area contributed by atoms with Crippen molar-refractivity contribution in [2.45, 2.75) is 12.7 Å². The summed E-state index contributed by atoms with van der Waals surface area (Å²) in [5.74, 6) is -0.361. The third-order valence-corrected chi connectivity index (χ3v) is 1.93. The molecule has 0 spiro atoms. The van der Waals surface area contributed by atoms with Crippen LogP contribution in [0.4, 0.5) is 13.2 Å². The maximum absolute atomic E-state index is 12.2. The van der Waals surface area contributed by atoms with Crippen LogP contribution in [-0.4, -0.2) is 5.91 Å². The highest BCUT2D eigenvalue weighted by Gasteiger charge is 2.29. The second kappa shape index (κ2) is 4.83. The number of nitrogens with one attached hydrogen (secondary N) is 1. The van der Waals surface area contributed by atoms with Crippen molar-refractivity contribution in [3.05, 3.63) is 48.0 Å². The van der Waals surface area contributed by atoms with Crippen molar-refractivity contribution in [1.82, 2.24) is 5.32 Å². The molecule has 2 nitrogen and oxygen atoms in total. The van der Waals surface area contributed by atoms with Gasteiger partial charge in [-0.3, -0.25) is 4.79 Å². The molecule has 16 heavy (non-hydrogen) atoms. The molecule has 86 valence electrons. The molecule has 0 unspecified atom stereocenters. The van der Waals surface area contributed by atoms with Gasteiger partial charge in [0.15, 0.2) is 0 Å². The highest BCUT2D eigenvalue weighted by Crippen LogP contribution is 2.28. The molecule has 5 heteroatoms. The lowest BCUT2D eigenvalue weighted by atomic mass is 10.1. The number of carbonyl (C=O) groups is 1. The Kier molecular flexibility index (Phi) is 3.71. The van der Waals surface area contributed by atoms with E-state index in [2.05, 4.69) is 11.9 Å². The molecule has 1 aromatic rings. The number of hydrogen-bond acceptors (Lipinski definition) is 1. The summed E-state index contributed by atoms with van der Waals surface area (Å²) in [6, 6.07) is 4.61. The highest BCUT2D eigenvalue weighted by atomic mass is 19.4. The van der Waals surface area contributed by atoms with E-state index in [9.17, 15) is 18.0 Å². The van der Waals surface area contributed by atoms with Gasteiger partial charge >= 0.3 is 6.18 Å². The Morgan fingerprint density at radius 3 is 2.31 bits per heavy atom. The lowest BCUT2D eigenvalue weighted by Crippen LogP contribution is -2.19. The summed E-state index contributed by atoms with van der Waals surface area (Å²) < 4.78 is 36.6. The fraction of sp³-hybridized carbons (Fsp3) is 0.182. The predicted molar refractivity (Wildman–Crippen MR) is 53.5 cm³/mol. The summed E-state index contributed by atoms with van der Waals surface area (Å²) in [7, 11) is 0. The van der Waals surface area contributed by atoms with E-state index in [4.69, 9.17) is 0 Å². The molecular weight excluding hydrogens is 219 g/mol. The Bertz CT molecular complexity index is 381. The lowest BCUT2D eigenvalue weighted by Gasteiger charge is -2.07. The number of hydrogen-bond donors (Lipinski definition) is 1. The van der Waals surface area contributed by atoms with Crippen molar-refractivity contribution in [3.63, 3.8) is 0 Å². The van der Waals surface area contributed by atoms with Gasteiger partial charge in [-0.2, -0.15) is 13.2 Å². The quantitative estimate of drug-likeness (QED) is 0.793. The van der Waals surface area contributed by atoms with Gasteiger partial charge < -0.3 is 5.32 Å². The summed E-state index contributed by atoms with van der Waals surface area (Å²) in [6.07, 6.45) is -3.23. The predicted octanol–water partition coefficient (Wildman–Crippen LogP) is 2.51. The van der Waals surface area contributed by atoms with E-state index in [1.165, 1.54) is 12.1 Å².